The van der Waals surface area contributed by atoms with Crippen molar-refractivity contribution in [3.63, 3.8) is 0 Å². The van der Waals surface area contributed by atoms with Crippen LogP contribution in [0.2, 0.25) is 0 Å². The summed E-state index contributed by atoms with van der Waals surface area (Å²) in [6.07, 6.45) is 1.27. The zero-order chi connectivity index (χ0) is 13.6. The lowest BCUT2D eigenvalue weighted by molar-refractivity contribution is 0.0502. The SMILES string of the molecule is CNCC(NC(=O)OC(C)(C)C)c1ccccn1. The molecule has 100 valence electrons. The smallest absolute Gasteiger partial charge is 0.408 e. The molecule has 0 aliphatic rings. The highest BCUT2D eigenvalue weighted by molar-refractivity contribution is 5.68. The third-order valence-electron chi connectivity index (χ3n) is 2.14. The molecule has 1 amide bonds. The number of amides is 1. The van der Waals surface area contributed by atoms with Gasteiger partial charge in [-0.05, 0) is 40.0 Å². The maximum Gasteiger partial charge on any atom is 0.408 e. The molecule has 0 saturated heterocycles. The van der Waals surface area contributed by atoms with Gasteiger partial charge in [-0.1, -0.05) is 6.07 Å². The molecule has 1 atom stereocenters. The van der Waals surface area contributed by atoms with Gasteiger partial charge in [0, 0.05) is 12.7 Å². The second-order valence-corrected chi connectivity index (χ2v) is 5.01. The second kappa shape index (κ2) is 6.35. The molecule has 1 aromatic heterocycles. The Hall–Kier alpha value is -1.62. The number of alkyl carbamates (subject to hydrolysis) is 1. The number of hydrogen-bond donors (Lipinski definition) is 2. The van der Waals surface area contributed by atoms with E-state index in [1.54, 1.807) is 6.20 Å². The van der Waals surface area contributed by atoms with Crippen LogP contribution in [0.15, 0.2) is 24.4 Å². The number of hydrogen-bond acceptors (Lipinski definition) is 4. The van der Waals surface area contributed by atoms with Gasteiger partial charge in [-0.25, -0.2) is 4.79 Å². The standard InChI is InChI=1S/C13H21N3O2/c1-13(2,3)18-12(17)16-11(9-14-4)10-7-5-6-8-15-10/h5-8,11,14H,9H2,1-4H3,(H,16,17). The number of aromatic nitrogens is 1. The van der Waals surface area contributed by atoms with E-state index in [9.17, 15) is 4.79 Å². The average molecular weight is 251 g/mol. The van der Waals surface area contributed by atoms with Gasteiger partial charge in [0.2, 0.25) is 0 Å². The van der Waals surface area contributed by atoms with Crippen molar-refractivity contribution in [1.82, 2.24) is 15.6 Å². The fraction of sp³-hybridized carbons (Fsp3) is 0.538. The number of pyridine rings is 1. The van der Waals surface area contributed by atoms with Gasteiger partial charge >= 0.3 is 6.09 Å². The third kappa shape index (κ3) is 5.14. The summed E-state index contributed by atoms with van der Waals surface area (Å²) in [5.74, 6) is 0. The Morgan fingerprint density at radius 1 is 1.44 bits per heavy atom. The Balaban J connectivity index is 2.67. The van der Waals surface area contributed by atoms with E-state index in [1.165, 1.54) is 0 Å². The zero-order valence-corrected chi connectivity index (χ0v) is 11.4. The number of ether oxygens (including phenoxy) is 1. The van der Waals surface area contributed by atoms with E-state index in [-0.39, 0.29) is 6.04 Å². The van der Waals surface area contributed by atoms with Crippen LogP contribution in [0, 0.1) is 0 Å². The molecule has 1 aromatic rings. The highest BCUT2D eigenvalue weighted by Crippen LogP contribution is 2.11. The van der Waals surface area contributed by atoms with E-state index in [2.05, 4.69) is 15.6 Å². The van der Waals surface area contributed by atoms with Crippen molar-refractivity contribution in [2.75, 3.05) is 13.6 Å². The second-order valence-electron chi connectivity index (χ2n) is 5.01. The summed E-state index contributed by atoms with van der Waals surface area (Å²) >= 11 is 0. The zero-order valence-electron chi connectivity index (χ0n) is 11.4. The molecule has 18 heavy (non-hydrogen) atoms. The summed E-state index contributed by atoms with van der Waals surface area (Å²) < 4.78 is 5.23. The van der Waals surface area contributed by atoms with Crippen LogP contribution in [-0.2, 0) is 4.74 Å². The van der Waals surface area contributed by atoms with E-state index in [4.69, 9.17) is 4.74 Å². The summed E-state index contributed by atoms with van der Waals surface area (Å²) in [6.45, 7) is 6.09. The molecule has 1 rings (SSSR count). The van der Waals surface area contributed by atoms with Crippen LogP contribution in [0.4, 0.5) is 4.79 Å². The van der Waals surface area contributed by atoms with Gasteiger partial charge in [0.25, 0.3) is 0 Å². The van der Waals surface area contributed by atoms with Gasteiger partial charge in [0.05, 0.1) is 11.7 Å². The number of rotatable bonds is 4. The minimum absolute atomic E-state index is 0.203. The van der Waals surface area contributed by atoms with Crippen molar-refractivity contribution < 1.29 is 9.53 Å². The van der Waals surface area contributed by atoms with Gasteiger partial charge in [-0.2, -0.15) is 0 Å². The van der Waals surface area contributed by atoms with Crippen molar-refractivity contribution in [2.45, 2.75) is 32.4 Å². The largest absolute Gasteiger partial charge is 0.444 e. The van der Waals surface area contributed by atoms with Crippen LogP contribution < -0.4 is 10.6 Å². The van der Waals surface area contributed by atoms with Gasteiger partial charge < -0.3 is 15.4 Å². The van der Waals surface area contributed by atoms with Crippen molar-refractivity contribution >= 4 is 6.09 Å². The Kier molecular flexibility index (Phi) is 5.09. The average Bonchev–Trinajstić information content (AvgIpc) is 2.27. The monoisotopic (exact) mass is 251 g/mol. The third-order valence-corrected chi connectivity index (χ3v) is 2.14. The lowest BCUT2D eigenvalue weighted by Gasteiger charge is -2.23. The van der Waals surface area contributed by atoms with E-state index < -0.39 is 11.7 Å². The summed E-state index contributed by atoms with van der Waals surface area (Å²) in [5.41, 5.74) is 0.302. The van der Waals surface area contributed by atoms with Crippen molar-refractivity contribution in [2.24, 2.45) is 0 Å². The van der Waals surface area contributed by atoms with Crippen molar-refractivity contribution in [1.29, 1.82) is 0 Å². The molecule has 1 heterocycles. The maximum atomic E-state index is 11.7. The van der Waals surface area contributed by atoms with E-state index in [1.807, 2.05) is 46.0 Å². The molecule has 0 aliphatic heterocycles. The first-order chi connectivity index (χ1) is 8.42. The molecular formula is C13H21N3O2. The molecule has 5 nitrogen and oxygen atoms in total. The Bertz CT molecular complexity index is 374. The fourth-order valence-electron chi connectivity index (χ4n) is 1.47. The lowest BCUT2D eigenvalue weighted by Crippen LogP contribution is -2.38. The summed E-state index contributed by atoms with van der Waals surface area (Å²) in [5, 5.41) is 5.83. The molecule has 0 aromatic carbocycles. The van der Waals surface area contributed by atoms with Crippen LogP contribution in [0.1, 0.15) is 32.5 Å². The van der Waals surface area contributed by atoms with Gasteiger partial charge in [0.15, 0.2) is 0 Å². The molecule has 0 bridgehead atoms. The first kappa shape index (κ1) is 14.4. The van der Waals surface area contributed by atoms with Gasteiger partial charge in [0.1, 0.15) is 5.60 Å². The summed E-state index contributed by atoms with van der Waals surface area (Å²) in [6, 6.07) is 5.40. The number of nitrogens with zero attached hydrogens (tertiary/aromatic N) is 1. The van der Waals surface area contributed by atoms with Crippen molar-refractivity contribution in [3.05, 3.63) is 30.1 Å². The molecule has 2 N–H and O–H groups in total. The minimum Gasteiger partial charge on any atom is -0.444 e. The number of likely N-dealkylation sites (N-methyl/N-ethyl adjacent to an activating group) is 1. The summed E-state index contributed by atoms with van der Waals surface area (Å²) in [7, 11) is 1.83. The highest BCUT2D eigenvalue weighted by Gasteiger charge is 2.20. The first-order valence-electron chi connectivity index (χ1n) is 5.97. The number of nitrogens with one attached hydrogen (secondary N) is 2. The molecule has 0 aliphatic carbocycles. The lowest BCUT2D eigenvalue weighted by atomic mass is 10.2. The maximum absolute atomic E-state index is 11.7. The normalized spacial score (nSPS) is 12.9. The van der Waals surface area contributed by atoms with E-state index in [0.717, 1.165) is 5.69 Å². The molecule has 0 fully saturated rings. The van der Waals surface area contributed by atoms with Crippen LogP contribution >= 0.6 is 0 Å². The van der Waals surface area contributed by atoms with Crippen LogP contribution in [0.3, 0.4) is 0 Å². The molecule has 0 radical (unpaired) electrons. The molecule has 0 saturated carbocycles. The fourth-order valence-corrected chi connectivity index (χ4v) is 1.47. The molecule has 1 unspecified atom stereocenters. The van der Waals surface area contributed by atoms with Gasteiger partial charge in [-0.15, -0.1) is 0 Å². The van der Waals surface area contributed by atoms with Crippen molar-refractivity contribution in [3.8, 4) is 0 Å². The van der Waals surface area contributed by atoms with Gasteiger partial charge in [-0.3, -0.25) is 4.98 Å². The van der Waals surface area contributed by atoms with E-state index in [0.29, 0.717) is 6.54 Å². The molecule has 0 spiro atoms. The van der Waals surface area contributed by atoms with Crippen LogP contribution in [0.25, 0.3) is 0 Å². The van der Waals surface area contributed by atoms with Crippen LogP contribution in [-0.4, -0.2) is 30.3 Å². The number of carbonyl (C=O) groups is 1. The van der Waals surface area contributed by atoms with Crippen LogP contribution in [0.5, 0.6) is 0 Å². The predicted octanol–water partition coefficient (Wildman–Crippen LogP) is 1.87. The quantitative estimate of drug-likeness (QED) is 0.857. The Labute approximate surface area is 108 Å². The highest BCUT2D eigenvalue weighted by atomic mass is 16.6. The summed E-state index contributed by atoms with van der Waals surface area (Å²) in [4.78, 5) is 16.0. The Morgan fingerprint density at radius 2 is 2.17 bits per heavy atom. The first-order valence-corrected chi connectivity index (χ1v) is 5.97. The number of carbonyl (C=O) groups excluding carboxylic acids is 1. The molecular weight excluding hydrogens is 230 g/mol. The molecule has 5 heteroatoms. The Morgan fingerprint density at radius 3 is 2.67 bits per heavy atom. The topological polar surface area (TPSA) is 63.2 Å². The minimum atomic E-state index is -0.502. The predicted molar refractivity (Wildman–Crippen MR) is 70.3 cm³/mol. The van der Waals surface area contributed by atoms with E-state index >= 15 is 0 Å².